The lowest BCUT2D eigenvalue weighted by molar-refractivity contribution is -0.117. The molecule has 3 rings (SSSR count). The fourth-order valence-electron chi connectivity index (χ4n) is 2.83. The summed E-state index contributed by atoms with van der Waals surface area (Å²) in [6, 6.07) is 15.2. The number of nitrogens with zero attached hydrogens (tertiary/aromatic N) is 2. The molecule has 2 heterocycles. The highest BCUT2D eigenvalue weighted by atomic mass is 32.1. The molecule has 0 saturated heterocycles. The van der Waals surface area contributed by atoms with Crippen LogP contribution in [0.4, 0.5) is 16.2 Å². The monoisotopic (exact) mass is 494 g/mol. The number of amides is 2. The molecule has 0 saturated carbocycles. The maximum absolute atomic E-state index is 11.4. The van der Waals surface area contributed by atoms with E-state index < -0.39 is 6.09 Å². The van der Waals surface area contributed by atoms with Gasteiger partial charge in [0.05, 0.1) is 41.8 Å². The van der Waals surface area contributed by atoms with E-state index in [9.17, 15) is 9.59 Å². The highest BCUT2D eigenvalue weighted by Crippen LogP contribution is 2.24. The van der Waals surface area contributed by atoms with Crippen LogP contribution in [0.3, 0.4) is 0 Å². The van der Waals surface area contributed by atoms with Gasteiger partial charge in [0.25, 0.3) is 0 Å². The Labute approximate surface area is 207 Å². The minimum atomic E-state index is -0.612. The van der Waals surface area contributed by atoms with E-state index in [0.29, 0.717) is 11.4 Å². The Bertz CT molecular complexity index is 1180. The predicted molar refractivity (Wildman–Crippen MR) is 139 cm³/mol. The zero-order valence-electron chi connectivity index (χ0n) is 18.4. The van der Waals surface area contributed by atoms with E-state index in [4.69, 9.17) is 29.2 Å². The molecule has 0 radical (unpaired) electrons. The third kappa shape index (κ3) is 7.29. The van der Waals surface area contributed by atoms with Gasteiger partial charge >= 0.3 is 6.09 Å². The van der Waals surface area contributed by atoms with E-state index in [-0.39, 0.29) is 22.7 Å². The standard InChI is InChI=1S/C23H22N6O3S2/c1-3-32-23(31)29-22(34)28-18-9-11-20(25-13-18)16-6-4-15(5-7-16)19-10-8-17(12-24-19)27-21(33)26-14(2)30/h4-13H,3H2,1-2H3,(H2,26,27,30,33)(H2,28,29,31,34). The van der Waals surface area contributed by atoms with Gasteiger partial charge in [-0.3, -0.25) is 20.1 Å². The Kier molecular flexibility index (Phi) is 8.54. The molecule has 34 heavy (non-hydrogen) atoms. The topological polar surface area (TPSA) is 117 Å². The SMILES string of the molecule is CCOC(=O)NC(=S)Nc1ccc(-c2ccc(-c3ccc(NC(=S)NC(C)=O)cn3)cc2)nc1. The number of hydrogen-bond donors (Lipinski definition) is 4. The fourth-order valence-corrected chi connectivity index (χ4v) is 3.30. The molecule has 0 unspecified atom stereocenters. The van der Waals surface area contributed by atoms with Gasteiger partial charge in [-0.25, -0.2) is 4.79 Å². The quantitative estimate of drug-likeness (QED) is 0.389. The van der Waals surface area contributed by atoms with Crippen LogP contribution in [0.25, 0.3) is 22.5 Å². The van der Waals surface area contributed by atoms with Crippen molar-refractivity contribution in [3.05, 3.63) is 60.9 Å². The number of anilines is 2. The van der Waals surface area contributed by atoms with Crippen molar-refractivity contribution >= 4 is 58.0 Å². The van der Waals surface area contributed by atoms with Crippen molar-refractivity contribution in [1.29, 1.82) is 0 Å². The first-order valence-electron chi connectivity index (χ1n) is 10.2. The van der Waals surface area contributed by atoms with Crippen LogP contribution in [-0.2, 0) is 9.53 Å². The van der Waals surface area contributed by atoms with Gasteiger partial charge in [0.1, 0.15) is 0 Å². The van der Waals surface area contributed by atoms with Gasteiger partial charge in [-0.15, -0.1) is 0 Å². The van der Waals surface area contributed by atoms with Crippen LogP contribution in [0.15, 0.2) is 60.9 Å². The fraction of sp³-hybridized carbons (Fsp3) is 0.130. The number of pyridine rings is 2. The number of carbonyl (C=O) groups is 2. The molecule has 0 aliphatic carbocycles. The molecular weight excluding hydrogens is 472 g/mol. The third-order valence-electron chi connectivity index (χ3n) is 4.30. The van der Waals surface area contributed by atoms with Crippen LogP contribution in [0.5, 0.6) is 0 Å². The minimum absolute atomic E-state index is 0.128. The molecule has 4 N–H and O–H groups in total. The summed E-state index contributed by atoms with van der Waals surface area (Å²) in [5.41, 5.74) is 4.75. The zero-order valence-corrected chi connectivity index (χ0v) is 20.0. The zero-order chi connectivity index (χ0) is 24.5. The second kappa shape index (κ2) is 11.8. The smallest absolute Gasteiger partial charge is 0.413 e. The Morgan fingerprint density at radius 1 is 0.794 bits per heavy atom. The maximum atomic E-state index is 11.4. The molecule has 0 fully saturated rings. The number of nitrogens with one attached hydrogen (secondary N) is 4. The summed E-state index contributed by atoms with van der Waals surface area (Å²) in [6.45, 7) is 3.36. The van der Waals surface area contributed by atoms with Gasteiger partial charge in [-0.05, 0) is 55.6 Å². The molecule has 0 aliphatic heterocycles. The van der Waals surface area contributed by atoms with Crippen LogP contribution in [0.1, 0.15) is 13.8 Å². The normalized spacial score (nSPS) is 10.1. The summed E-state index contributed by atoms with van der Waals surface area (Å²) in [5, 5.41) is 11.0. The molecule has 2 amide bonds. The molecule has 1 aromatic carbocycles. The molecular formula is C23H22N6O3S2. The second-order valence-electron chi connectivity index (χ2n) is 6.88. The Morgan fingerprint density at radius 2 is 1.26 bits per heavy atom. The molecule has 2 aromatic heterocycles. The second-order valence-corrected chi connectivity index (χ2v) is 7.69. The first kappa shape index (κ1) is 24.7. The summed E-state index contributed by atoms with van der Waals surface area (Å²) in [4.78, 5) is 31.3. The number of ether oxygens (including phenoxy) is 1. The van der Waals surface area contributed by atoms with Crippen molar-refractivity contribution in [2.75, 3.05) is 17.2 Å². The number of aromatic nitrogens is 2. The lowest BCUT2D eigenvalue weighted by Gasteiger charge is -2.10. The molecule has 0 bridgehead atoms. The van der Waals surface area contributed by atoms with E-state index >= 15 is 0 Å². The molecule has 174 valence electrons. The van der Waals surface area contributed by atoms with Crippen molar-refractivity contribution in [3.63, 3.8) is 0 Å². The highest BCUT2D eigenvalue weighted by molar-refractivity contribution is 7.80. The van der Waals surface area contributed by atoms with Crippen molar-refractivity contribution in [2.24, 2.45) is 0 Å². The molecule has 3 aromatic rings. The van der Waals surface area contributed by atoms with Gasteiger partial charge in [-0.1, -0.05) is 24.3 Å². The Morgan fingerprint density at radius 3 is 1.65 bits per heavy atom. The maximum Gasteiger partial charge on any atom is 0.413 e. The van der Waals surface area contributed by atoms with Gasteiger partial charge in [-0.2, -0.15) is 0 Å². The molecule has 0 spiro atoms. The molecule has 0 atom stereocenters. The van der Waals surface area contributed by atoms with E-state index in [1.807, 2.05) is 48.5 Å². The third-order valence-corrected chi connectivity index (χ3v) is 4.71. The van der Waals surface area contributed by atoms with Crippen molar-refractivity contribution in [2.45, 2.75) is 13.8 Å². The van der Waals surface area contributed by atoms with Crippen molar-refractivity contribution in [1.82, 2.24) is 20.6 Å². The number of hydrogen-bond acceptors (Lipinski definition) is 7. The number of carbonyl (C=O) groups excluding carboxylic acids is 2. The van der Waals surface area contributed by atoms with Gasteiger partial charge in [0.15, 0.2) is 10.2 Å². The first-order chi connectivity index (χ1) is 16.3. The van der Waals surface area contributed by atoms with Crippen LogP contribution in [0, 0.1) is 0 Å². The lowest BCUT2D eigenvalue weighted by atomic mass is 10.1. The number of thiocarbonyl (C=S) groups is 2. The summed E-state index contributed by atoms with van der Waals surface area (Å²) in [7, 11) is 0. The van der Waals surface area contributed by atoms with E-state index in [1.54, 1.807) is 19.3 Å². The summed E-state index contributed by atoms with van der Waals surface area (Å²) < 4.78 is 4.78. The van der Waals surface area contributed by atoms with Crippen LogP contribution in [-0.4, -0.2) is 38.8 Å². The number of benzene rings is 1. The highest BCUT2D eigenvalue weighted by Gasteiger charge is 2.07. The summed E-state index contributed by atoms with van der Waals surface area (Å²) in [6.07, 6.45) is 2.66. The predicted octanol–water partition coefficient (Wildman–Crippen LogP) is 4.09. The van der Waals surface area contributed by atoms with E-state index in [1.165, 1.54) is 6.92 Å². The molecule has 0 aliphatic rings. The number of rotatable bonds is 5. The number of alkyl carbamates (subject to hydrolysis) is 1. The first-order valence-corrected chi connectivity index (χ1v) is 11.0. The lowest BCUT2D eigenvalue weighted by Crippen LogP contribution is -2.34. The summed E-state index contributed by atoms with van der Waals surface area (Å²) in [5.74, 6) is -0.239. The minimum Gasteiger partial charge on any atom is -0.450 e. The summed E-state index contributed by atoms with van der Waals surface area (Å²) >= 11 is 10.1. The van der Waals surface area contributed by atoms with Crippen LogP contribution >= 0.6 is 24.4 Å². The van der Waals surface area contributed by atoms with Crippen molar-refractivity contribution < 1.29 is 14.3 Å². The molecule has 9 nitrogen and oxygen atoms in total. The van der Waals surface area contributed by atoms with Crippen LogP contribution < -0.4 is 21.3 Å². The van der Waals surface area contributed by atoms with Crippen molar-refractivity contribution in [3.8, 4) is 22.5 Å². The average Bonchev–Trinajstić information content (AvgIpc) is 2.80. The molecule has 11 heteroatoms. The average molecular weight is 495 g/mol. The Hall–Kier alpha value is -3.96. The van der Waals surface area contributed by atoms with E-state index in [0.717, 1.165) is 22.5 Å². The van der Waals surface area contributed by atoms with Gasteiger partial charge < -0.3 is 20.7 Å². The largest absolute Gasteiger partial charge is 0.450 e. The van der Waals surface area contributed by atoms with Gasteiger partial charge in [0.2, 0.25) is 5.91 Å². The van der Waals surface area contributed by atoms with E-state index in [2.05, 4.69) is 31.2 Å². The van der Waals surface area contributed by atoms with Crippen LogP contribution in [0.2, 0.25) is 0 Å². The Balaban J connectivity index is 1.61. The van der Waals surface area contributed by atoms with Gasteiger partial charge in [0, 0.05) is 18.1 Å².